The van der Waals surface area contributed by atoms with Crippen LogP contribution in [0.2, 0.25) is 0 Å². The number of nitrogens with zero attached hydrogens (tertiary/aromatic N) is 1. The molecule has 1 atom stereocenters. The highest BCUT2D eigenvalue weighted by Gasteiger charge is 2.16. The van der Waals surface area contributed by atoms with Gasteiger partial charge in [0, 0.05) is 30.4 Å². The van der Waals surface area contributed by atoms with Crippen molar-refractivity contribution in [1.82, 2.24) is 10.3 Å². The summed E-state index contributed by atoms with van der Waals surface area (Å²) in [6.07, 6.45) is 6.02. The van der Waals surface area contributed by atoms with E-state index in [9.17, 15) is 4.79 Å². The summed E-state index contributed by atoms with van der Waals surface area (Å²) < 4.78 is 5.45. The third kappa shape index (κ3) is 3.36. The number of pyridine rings is 1. The van der Waals surface area contributed by atoms with Crippen molar-refractivity contribution >= 4 is 17.2 Å². The topological polar surface area (TPSA) is 51.2 Å². The third-order valence-corrected chi connectivity index (χ3v) is 4.99. The van der Waals surface area contributed by atoms with Crippen LogP contribution in [0.5, 0.6) is 0 Å². The van der Waals surface area contributed by atoms with Gasteiger partial charge in [0.1, 0.15) is 6.10 Å². The Hall–Kier alpha value is -1.72. The Balaban J connectivity index is 1.64. The lowest BCUT2D eigenvalue weighted by atomic mass is 9.95. The normalized spacial score (nSPS) is 15.1. The first kappa shape index (κ1) is 15.2. The number of carbonyl (C=O) groups excluding carboxylic acids is 1. The highest BCUT2D eigenvalue weighted by atomic mass is 32.1. The summed E-state index contributed by atoms with van der Waals surface area (Å²) in [6.45, 7) is 0.465. The second-order valence-electron chi connectivity index (χ2n) is 5.49. The van der Waals surface area contributed by atoms with Gasteiger partial charge < -0.3 is 10.1 Å². The summed E-state index contributed by atoms with van der Waals surface area (Å²) >= 11 is 1.63. The van der Waals surface area contributed by atoms with Gasteiger partial charge >= 0.3 is 0 Å². The number of ether oxygens (including phenoxy) is 1. The van der Waals surface area contributed by atoms with Crippen LogP contribution < -0.4 is 5.32 Å². The second-order valence-corrected chi connectivity index (χ2v) is 6.47. The van der Waals surface area contributed by atoms with E-state index in [1.165, 1.54) is 18.4 Å². The van der Waals surface area contributed by atoms with Gasteiger partial charge in [0.25, 0.3) is 5.91 Å². The molecule has 116 valence electrons. The summed E-state index contributed by atoms with van der Waals surface area (Å²) in [5, 5.41) is 4.96. The van der Waals surface area contributed by atoms with E-state index in [1.54, 1.807) is 24.6 Å². The minimum Gasteiger partial charge on any atom is -0.374 e. The maximum absolute atomic E-state index is 12.3. The van der Waals surface area contributed by atoms with E-state index in [4.69, 9.17) is 4.74 Å². The molecule has 5 heteroatoms. The number of rotatable bonds is 5. The molecule has 0 aromatic carbocycles. The first-order valence-electron chi connectivity index (χ1n) is 7.60. The molecule has 0 aliphatic heterocycles. The maximum atomic E-state index is 12.3. The van der Waals surface area contributed by atoms with Crippen LogP contribution in [-0.4, -0.2) is 24.5 Å². The number of fused-ring (bicyclic) bond motifs is 1. The van der Waals surface area contributed by atoms with Crippen LogP contribution in [-0.2, 0) is 17.6 Å². The SMILES string of the molecule is CO[C@@H](CNC(=O)c1cnc2c(c1)CCCC2)c1cccs1. The number of aryl methyl sites for hydroxylation is 2. The van der Waals surface area contributed by atoms with E-state index in [0.717, 1.165) is 23.4 Å². The monoisotopic (exact) mass is 316 g/mol. The van der Waals surface area contributed by atoms with Gasteiger partial charge in [-0.1, -0.05) is 6.07 Å². The highest BCUT2D eigenvalue weighted by molar-refractivity contribution is 7.10. The maximum Gasteiger partial charge on any atom is 0.252 e. The highest BCUT2D eigenvalue weighted by Crippen LogP contribution is 2.22. The molecule has 1 aliphatic carbocycles. The Kier molecular flexibility index (Phi) is 4.85. The van der Waals surface area contributed by atoms with Gasteiger partial charge in [-0.15, -0.1) is 11.3 Å². The molecule has 22 heavy (non-hydrogen) atoms. The molecule has 0 fully saturated rings. The number of carbonyl (C=O) groups is 1. The van der Waals surface area contributed by atoms with Gasteiger partial charge in [0.05, 0.1) is 5.56 Å². The molecule has 1 N–H and O–H groups in total. The first-order valence-corrected chi connectivity index (χ1v) is 8.48. The zero-order valence-corrected chi connectivity index (χ0v) is 13.5. The van der Waals surface area contributed by atoms with Crippen molar-refractivity contribution in [2.45, 2.75) is 31.8 Å². The summed E-state index contributed by atoms with van der Waals surface area (Å²) in [6, 6.07) is 6.00. The molecule has 3 rings (SSSR count). The van der Waals surface area contributed by atoms with Crippen LogP contribution in [0.4, 0.5) is 0 Å². The van der Waals surface area contributed by atoms with E-state index < -0.39 is 0 Å². The molecule has 0 bridgehead atoms. The number of methoxy groups -OCH3 is 1. The van der Waals surface area contributed by atoms with E-state index in [0.29, 0.717) is 12.1 Å². The molecule has 0 saturated carbocycles. The number of aromatic nitrogens is 1. The van der Waals surface area contributed by atoms with Crippen LogP contribution in [0, 0.1) is 0 Å². The predicted molar refractivity (Wildman–Crippen MR) is 87.3 cm³/mol. The summed E-state index contributed by atoms with van der Waals surface area (Å²) in [5.41, 5.74) is 3.01. The fraction of sp³-hybridized carbons (Fsp3) is 0.412. The fourth-order valence-corrected chi connectivity index (χ4v) is 3.58. The summed E-state index contributed by atoms with van der Waals surface area (Å²) in [4.78, 5) is 17.9. The van der Waals surface area contributed by atoms with Crippen LogP contribution in [0.3, 0.4) is 0 Å². The van der Waals surface area contributed by atoms with Crippen molar-refractivity contribution in [1.29, 1.82) is 0 Å². The van der Waals surface area contributed by atoms with E-state index in [1.807, 2.05) is 23.6 Å². The van der Waals surface area contributed by atoms with Crippen molar-refractivity contribution in [2.75, 3.05) is 13.7 Å². The zero-order chi connectivity index (χ0) is 15.4. The Morgan fingerprint density at radius 1 is 1.45 bits per heavy atom. The lowest BCUT2D eigenvalue weighted by Crippen LogP contribution is -2.29. The number of hydrogen-bond acceptors (Lipinski definition) is 4. The number of hydrogen-bond donors (Lipinski definition) is 1. The number of thiophene rings is 1. The average molecular weight is 316 g/mol. The molecule has 0 unspecified atom stereocenters. The minimum atomic E-state index is -0.102. The van der Waals surface area contributed by atoms with E-state index >= 15 is 0 Å². The van der Waals surface area contributed by atoms with Gasteiger partial charge in [-0.05, 0) is 48.8 Å². The van der Waals surface area contributed by atoms with Gasteiger partial charge in [0.15, 0.2) is 0 Å². The van der Waals surface area contributed by atoms with Crippen molar-refractivity contribution in [2.24, 2.45) is 0 Å². The smallest absolute Gasteiger partial charge is 0.252 e. The average Bonchev–Trinajstić information content (AvgIpc) is 3.09. The fourth-order valence-electron chi connectivity index (χ4n) is 2.77. The molecule has 2 aromatic rings. The van der Waals surface area contributed by atoms with E-state index in [2.05, 4.69) is 10.3 Å². The van der Waals surface area contributed by atoms with Crippen LogP contribution in [0.25, 0.3) is 0 Å². The van der Waals surface area contributed by atoms with Crippen molar-refractivity contribution < 1.29 is 9.53 Å². The largest absolute Gasteiger partial charge is 0.374 e. The van der Waals surface area contributed by atoms with Gasteiger partial charge in [-0.25, -0.2) is 0 Å². The molecule has 1 aliphatic rings. The predicted octanol–water partition coefficient (Wildman–Crippen LogP) is 3.14. The van der Waals surface area contributed by atoms with Crippen LogP contribution in [0.1, 0.15) is 45.4 Å². The molecule has 2 heterocycles. The van der Waals surface area contributed by atoms with Crippen LogP contribution >= 0.6 is 11.3 Å². The van der Waals surface area contributed by atoms with Gasteiger partial charge in [-0.2, -0.15) is 0 Å². The number of amides is 1. The Morgan fingerprint density at radius 2 is 2.32 bits per heavy atom. The van der Waals surface area contributed by atoms with E-state index in [-0.39, 0.29) is 12.0 Å². The van der Waals surface area contributed by atoms with Gasteiger partial charge in [-0.3, -0.25) is 9.78 Å². The van der Waals surface area contributed by atoms with Crippen molar-refractivity contribution in [3.63, 3.8) is 0 Å². The Morgan fingerprint density at radius 3 is 3.09 bits per heavy atom. The quantitative estimate of drug-likeness (QED) is 0.922. The van der Waals surface area contributed by atoms with Crippen molar-refractivity contribution in [3.05, 3.63) is 51.5 Å². The molecule has 0 saturated heterocycles. The molecule has 0 radical (unpaired) electrons. The summed E-state index contributed by atoms with van der Waals surface area (Å²) in [5.74, 6) is -0.0838. The molecule has 0 spiro atoms. The lowest BCUT2D eigenvalue weighted by Gasteiger charge is -2.17. The van der Waals surface area contributed by atoms with Crippen molar-refractivity contribution in [3.8, 4) is 0 Å². The minimum absolute atomic E-state index is 0.0838. The molecule has 1 amide bonds. The molecule has 2 aromatic heterocycles. The lowest BCUT2D eigenvalue weighted by molar-refractivity contribution is 0.0837. The van der Waals surface area contributed by atoms with Crippen LogP contribution in [0.15, 0.2) is 29.8 Å². The Labute approximate surface area is 134 Å². The molecular formula is C17H20N2O2S. The third-order valence-electron chi connectivity index (χ3n) is 4.02. The number of nitrogens with one attached hydrogen (secondary N) is 1. The first-order chi connectivity index (χ1) is 10.8. The second kappa shape index (κ2) is 7.03. The molecule has 4 nitrogen and oxygen atoms in total. The summed E-state index contributed by atoms with van der Waals surface area (Å²) in [7, 11) is 1.66. The van der Waals surface area contributed by atoms with Gasteiger partial charge in [0.2, 0.25) is 0 Å². The Bertz CT molecular complexity index is 640. The standard InChI is InChI=1S/C17H20N2O2S/c1-21-15(16-7-4-8-22-16)11-19-17(20)13-9-12-5-2-3-6-14(12)18-10-13/h4,7-10,15H,2-3,5-6,11H2,1H3,(H,19,20)/t15-/m0/s1. The molecular weight excluding hydrogens is 296 g/mol. The zero-order valence-electron chi connectivity index (χ0n) is 12.7.